The normalized spacial score (nSPS) is 16.4. The van der Waals surface area contributed by atoms with Gasteiger partial charge in [0.25, 0.3) is 5.91 Å². The van der Waals surface area contributed by atoms with E-state index in [-0.39, 0.29) is 13.0 Å². The number of amides is 1. The molecule has 3 aromatic rings. The molecule has 0 saturated carbocycles. The Kier molecular flexibility index (Phi) is 8.46. The maximum Gasteiger partial charge on any atom is 0.251 e. The molecule has 3 atom stereocenters. The van der Waals surface area contributed by atoms with Crippen molar-refractivity contribution in [2.75, 3.05) is 6.54 Å². The average molecular weight is 495 g/mol. The molecule has 0 spiro atoms. The van der Waals surface area contributed by atoms with Gasteiger partial charge in [0, 0.05) is 24.7 Å². The molecule has 4 rings (SSSR count). The molecule has 0 radical (unpaired) electrons. The Morgan fingerprint density at radius 1 is 1.03 bits per heavy atom. The Morgan fingerprint density at radius 2 is 1.78 bits per heavy atom. The zero-order valence-corrected chi connectivity index (χ0v) is 20.3. The Bertz CT molecular complexity index is 1200. The monoisotopic (exact) mass is 494 g/mol. The lowest BCUT2D eigenvalue weighted by Gasteiger charge is -2.25. The number of rotatable bonds is 10. The van der Waals surface area contributed by atoms with E-state index in [0.29, 0.717) is 24.1 Å². The lowest BCUT2D eigenvalue weighted by atomic mass is 9.99. The van der Waals surface area contributed by atoms with Crippen LogP contribution in [0.5, 0.6) is 0 Å². The fraction of sp³-hybridized carbons (Fsp3) is 0.345. The molecular formula is C29H32F2N2O3. The summed E-state index contributed by atoms with van der Waals surface area (Å²) < 4.78 is 27.6. The predicted octanol–water partition coefficient (Wildman–Crippen LogP) is 4.00. The third-order valence-electron chi connectivity index (χ3n) is 6.70. The molecular weight excluding hydrogens is 462 g/mol. The highest BCUT2D eigenvalue weighted by Crippen LogP contribution is 2.31. The summed E-state index contributed by atoms with van der Waals surface area (Å²) >= 11 is 0. The molecule has 190 valence electrons. The fourth-order valence-corrected chi connectivity index (χ4v) is 4.71. The first-order chi connectivity index (χ1) is 17.3. The summed E-state index contributed by atoms with van der Waals surface area (Å²) in [5.41, 5.74) is 4.74. The number of halogens is 2. The van der Waals surface area contributed by atoms with Crippen LogP contribution in [0.25, 0.3) is 0 Å². The standard InChI is InChI=1S/C29H32F2N2O3/c1-2-18-4-3-5-19(10-18)16-32-17-28(35)26(13-20-11-23(30)15-24(31)12-20)33-29(36)22-7-6-21-8-9-27(34)25(21)14-22/h3-7,10-12,14-15,26-28,32,34-35H,2,8-9,13,16-17H2,1H3,(H,33,36)/t26-,27?,28+/m0/s1. The third kappa shape index (κ3) is 6.55. The van der Waals surface area contributed by atoms with Crippen LogP contribution >= 0.6 is 0 Å². The SMILES string of the molecule is CCc1cccc(CNC[C@@H](O)[C@H](Cc2cc(F)cc(F)c2)NC(=O)c2ccc3c(c2)C(O)CC3)c1. The number of aliphatic hydroxyl groups excluding tert-OH is 2. The molecule has 0 bridgehead atoms. The minimum atomic E-state index is -1.02. The van der Waals surface area contributed by atoms with Gasteiger partial charge in [-0.3, -0.25) is 4.79 Å². The van der Waals surface area contributed by atoms with E-state index in [0.717, 1.165) is 35.6 Å². The van der Waals surface area contributed by atoms with Gasteiger partial charge in [0.05, 0.1) is 18.2 Å². The van der Waals surface area contributed by atoms with Crippen molar-refractivity contribution in [1.29, 1.82) is 0 Å². The molecule has 1 aliphatic rings. The lowest BCUT2D eigenvalue weighted by molar-refractivity contribution is 0.0829. The number of aliphatic hydroxyl groups is 2. The maximum atomic E-state index is 13.8. The quantitative estimate of drug-likeness (QED) is 0.344. The summed E-state index contributed by atoms with van der Waals surface area (Å²) in [6, 6.07) is 15.7. The van der Waals surface area contributed by atoms with E-state index in [2.05, 4.69) is 29.7 Å². The van der Waals surface area contributed by atoms with Crippen molar-refractivity contribution >= 4 is 5.91 Å². The number of carbonyl (C=O) groups excluding carboxylic acids is 1. The number of fused-ring (bicyclic) bond motifs is 1. The van der Waals surface area contributed by atoms with Gasteiger partial charge in [0.1, 0.15) is 11.6 Å². The molecule has 0 fully saturated rings. The minimum Gasteiger partial charge on any atom is -0.390 e. The first-order valence-electron chi connectivity index (χ1n) is 12.4. The van der Waals surface area contributed by atoms with E-state index in [9.17, 15) is 23.8 Å². The summed E-state index contributed by atoms with van der Waals surface area (Å²) in [6.45, 7) is 2.78. The van der Waals surface area contributed by atoms with Crippen LogP contribution in [0.2, 0.25) is 0 Å². The zero-order chi connectivity index (χ0) is 25.7. The van der Waals surface area contributed by atoms with Crippen LogP contribution in [0.4, 0.5) is 8.78 Å². The number of nitrogens with one attached hydrogen (secondary N) is 2. The Morgan fingerprint density at radius 3 is 2.53 bits per heavy atom. The molecule has 0 aliphatic heterocycles. The van der Waals surface area contributed by atoms with Gasteiger partial charge in [-0.25, -0.2) is 8.78 Å². The van der Waals surface area contributed by atoms with Crippen LogP contribution in [0, 0.1) is 11.6 Å². The molecule has 0 heterocycles. The van der Waals surface area contributed by atoms with E-state index in [4.69, 9.17) is 0 Å². The smallest absolute Gasteiger partial charge is 0.251 e. The molecule has 0 saturated heterocycles. The van der Waals surface area contributed by atoms with E-state index in [1.54, 1.807) is 12.1 Å². The molecule has 0 aromatic heterocycles. The molecule has 1 unspecified atom stereocenters. The van der Waals surface area contributed by atoms with Crippen molar-refractivity contribution in [3.05, 3.63) is 106 Å². The second-order valence-electron chi connectivity index (χ2n) is 9.40. The number of benzene rings is 3. The summed E-state index contributed by atoms with van der Waals surface area (Å²) in [5.74, 6) is -1.86. The Balaban J connectivity index is 1.47. The van der Waals surface area contributed by atoms with Crippen LogP contribution < -0.4 is 10.6 Å². The number of hydrogen-bond acceptors (Lipinski definition) is 4. The van der Waals surface area contributed by atoms with Crippen molar-refractivity contribution in [2.45, 2.75) is 57.4 Å². The average Bonchev–Trinajstić information content (AvgIpc) is 3.23. The van der Waals surface area contributed by atoms with Crippen molar-refractivity contribution in [3.63, 3.8) is 0 Å². The Hall–Kier alpha value is -3.13. The van der Waals surface area contributed by atoms with Gasteiger partial charge >= 0.3 is 0 Å². The van der Waals surface area contributed by atoms with Crippen molar-refractivity contribution in [2.24, 2.45) is 0 Å². The number of carbonyl (C=O) groups is 1. The second kappa shape index (κ2) is 11.7. The van der Waals surface area contributed by atoms with E-state index in [1.807, 2.05) is 18.2 Å². The molecule has 3 aromatic carbocycles. The van der Waals surface area contributed by atoms with E-state index >= 15 is 0 Å². The van der Waals surface area contributed by atoms with Gasteiger partial charge in [-0.2, -0.15) is 0 Å². The molecule has 5 nitrogen and oxygen atoms in total. The fourth-order valence-electron chi connectivity index (χ4n) is 4.71. The summed E-state index contributed by atoms with van der Waals surface area (Å²) in [4.78, 5) is 13.1. The van der Waals surface area contributed by atoms with Gasteiger partial charge in [0.15, 0.2) is 0 Å². The van der Waals surface area contributed by atoms with Crippen LogP contribution in [0.1, 0.15) is 57.6 Å². The number of aryl methyl sites for hydroxylation is 2. The third-order valence-corrected chi connectivity index (χ3v) is 6.70. The van der Waals surface area contributed by atoms with Crippen molar-refractivity contribution in [3.8, 4) is 0 Å². The molecule has 36 heavy (non-hydrogen) atoms. The highest BCUT2D eigenvalue weighted by Gasteiger charge is 2.25. The molecule has 1 aliphatic carbocycles. The number of hydrogen-bond donors (Lipinski definition) is 4. The van der Waals surface area contributed by atoms with Gasteiger partial charge in [0.2, 0.25) is 0 Å². The highest BCUT2D eigenvalue weighted by molar-refractivity contribution is 5.94. The van der Waals surface area contributed by atoms with Crippen molar-refractivity contribution in [1.82, 2.24) is 10.6 Å². The van der Waals surface area contributed by atoms with Gasteiger partial charge in [-0.1, -0.05) is 37.3 Å². The molecule has 1 amide bonds. The topological polar surface area (TPSA) is 81.6 Å². The first kappa shape index (κ1) is 25.9. The van der Waals surface area contributed by atoms with Gasteiger partial charge in [-0.05, 0) is 77.8 Å². The zero-order valence-electron chi connectivity index (χ0n) is 20.3. The second-order valence-corrected chi connectivity index (χ2v) is 9.40. The van der Waals surface area contributed by atoms with Crippen LogP contribution in [-0.4, -0.2) is 34.8 Å². The summed E-state index contributed by atoms with van der Waals surface area (Å²) in [6.07, 6.45) is 0.739. The predicted molar refractivity (Wildman–Crippen MR) is 135 cm³/mol. The summed E-state index contributed by atoms with van der Waals surface area (Å²) in [5, 5.41) is 27.2. The Labute approximate surface area is 210 Å². The van der Waals surface area contributed by atoms with Crippen LogP contribution in [0.15, 0.2) is 60.7 Å². The molecule has 4 N–H and O–H groups in total. The lowest BCUT2D eigenvalue weighted by Crippen LogP contribution is -2.48. The van der Waals surface area contributed by atoms with E-state index in [1.165, 1.54) is 17.7 Å². The minimum absolute atomic E-state index is 0.0438. The highest BCUT2D eigenvalue weighted by atomic mass is 19.1. The first-order valence-corrected chi connectivity index (χ1v) is 12.4. The van der Waals surface area contributed by atoms with E-state index < -0.39 is 35.8 Å². The van der Waals surface area contributed by atoms with Gasteiger partial charge < -0.3 is 20.8 Å². The molecule has 7 heteroatoms. The van der Waals surface area contributed by atoms with Crippen molar-refractivity contribution < 1.29 is 23.8 Å². The van der Waals surface area contributed by atoms with Gasteiger partial charge in [-0.15, -0.1) is 0 Å². The maximum absolute atomic E-state index is 13.8. The van der Waals surface area contributed by atoms with Crippen LogP contribution in [-0.2, 0) is 25.8 Å². The largest absolute Gasteiger partial charge is 0.390 e. The van der Waals surface area contributed by atoms with Crippen LogP contribution in [0.3, 0.4) is 0 Å². The summed E-state index contributed by atoms with van der Waals surface area (Å²) in [7, 11) is 0.